The molecule has 35 heavy (non-hydrogen) atoms. The van der Waals surface area contributed by atoms with Crippen LogP contribution in [0.15, 0.2) is 11.3 Å². The zero-order valence-corrected chi connectivity index (χ0v) is 20.8. The maximum absolute atomic E-state index is 13.7. The number of alkyl halides is 3. The van der Waals surface area contributed by atoms with Gasteiger partial charge in [0.2, 0.25) is 11.4 Å². The first-order valence-electron chi connectivity index (χ1n) is 11.5. The lowest BCUT2D eigenvalue weighted by Gasteiger charge is -2.62. The molecule has 2 bridgehead atoms. The Balaban J connectivity index is 2.05. The van der Waals surface area contributed by atoms with Gasteiger partial charge in [-0.15, -0.1) is 0 Å². The number of carbonyl (C=O) groups is 2. The second-order valence-electron chi connectivity index (χ2n) is 9.96. The van der Waals surface area contributed by atoms with E-state index in [9.17, 15) is 36.3 Å². The normalized spacial score (nSPS) is 43.2. The molecule has 3 aliphatic carbocycles. The number of Topliss-reactive ketones (excluding diaryl/α,β-unsaturated/α-hetero) is 1. The number of aliphatic hydroxyl groups is 1. The molecule has 1 heterocycles. The number of hydrogen-bond donors (Lipinski definition) is 1. The fraction of sp³-hybridized carbons (Fsp3) is 0.818. The Bertz CT molecular complexity index is 1100. The average molecular weight is 527 g/mol. The number of ether oxygens (including phenoxy) is 3. The quantitative estimate of drug-likeness (QED) is 0.315. The van der Waals surface area contributed by atoms with Crippen molar-refractivity contribution >= 4 is 21.9 Å². The summed E-state index contributed by atoms with van der Waals surface area (Å²) in [6, 6.07) is 0. The lowest BCUT2D eigenvalue weighted by molar-refractivity contribution is -0.325. The van der Waals surface area contributed by atoms with Crippen LogP contribution in [0.2, 0.25) is 0 Å². The van der Waals surface area contributed by atoms with E-state index in [2.05, 4.69) is 4.18 Å². The van der Waals surface area contributed by atoms with E-state index in [0.717, 1.165) is 6.92 Å². The molecule has 1 aliphatic heterocycles. The molecule has 7 unspecified atom stereocenters. The SMILES string of the molecule is CCOC1C(C)CCC2(OCC)C3(C)CC(=O)OC12C1(O)C(C)=C(OS(=O)(=O)C(F)(F)F)C(=O)C31. The second kappa shape index (κ2) is 7.65. The molecule has 0 aromatic carbocycles. The molecular weight excluding hydrogens is 497 g/mol. The average Bonchev–Trinajstić information content (AvgIpc) is 2.96. The summed E-state index contributed by atoms with van der Waals surface area (Å²) in [4.78, 5) is 26.6. The van der Waals surface area contributed by atoms with Gasteiger partial charge in [0.05, 0.1) is 12.3 Å². The summed E-state index contributed by atoms with van der Waals surface area (Å²) in [7, 11) is -6.21. The van der Waals surface area contributed by atoms with E-state index in [4.69, 9.17) is 14.2 Å². The van der Waals surface area contributed by atoms with Gasteiger partial charge in [-0.05, 0) is 39.5 Å². The number of halogens is 3. The Hall–Kier alpha value is -1.70. The maximum Gasteiger partial charge on any atom is 0.534 e. The molecule has 4 aliphatic rings. The number of carbonyl (C=O) groups excluding carboxylic acids is 2. The van der Waals surface area contributed by atoms with E-state index in [1.54, 1.807) is 20.8 Å². The Morgan fingerprint density at radius 3 is 2.37 bits per heavy atom. The number of hydrogen-bond acceptors (Lipinski definition) is 9. The number of fused-ring (bicyclic) bond motifs is 2. The van der Waals surface area contributed by atoms with E-state index in [-0.39, 0.29) is 32.0 Å². The minimum absolute atomic E-state index is 0.119. The van der Waals surface area contributed by atoms with Crippen molar-refractivity contribution in [1.29, 1.82) is 0 Å². The van der Waals surface area contributed by atoms with Crippen molar-refractivity contribution in [3.8, 4) is 0 Å². The van der Waals surface area contributed by atoms with E-state index in [1.807, 2.05) is 6.92 Å². The van der Waals surface area contributed by atoms with Gasteiger partial charge in [-0.3, -0.25) is 9.59 Å². The molecule has 9 nitrogen and oxygen atoms in total. The van der Waals surface area contributed by atoms with E-state index >= 15 is 0 Å². The third-order valence-corrected chi connectivity index (χ3v) is 9.36. The van der Waals surface area contributed by atoms with E-state index in [1.165, 1.54) is 0 Å². The van der Waals surface area contributed by atoms with Gasteiger partial charge >= 0.3 is 21.6 Å². The maximum atomic E-state index is 13.7. The molecule has 1 saturated heterocycles. The van der Waals surface area contributed by atoms with Crippen molar-refractivity contribution in [3.05, 3.63) is 11.3 Å². The van der Waals surface area contributed by atoms with Crippen molar-refractivity contribution in [3.63, 3.8) is 0 Å². The van der Waals surface area contributed by atoms with Gasteiger partial charge in [0.25, 0.3) is 0 Å². The smallest absolute Gasteiger partial charge is 0.450 e. The lowest BCUT2D eigenvalue weighted by Crippen LogP contribution is -2.78. The molecule has 4 rings (SSSR count). The number of ketones is 1. The molecule has 13 heteroatoms. The first-order valence-corrected chi connectivity index (χ1v) is 12.9. The molecule has 7 atom stereocenters. The first-order chi connectivity index (χ1) is 16.0. The van der Waals surface area contributed by atoms with Crippen LogP contribution in [0.3, 0.4) is 0 Å². The summed E-state index contributed by atoms with van der Waals surface area (Å²) in [5.74, 6) is -4.89. The standard InChI is InChI=1S/C22H29F3O9S/c1-6-31-17-11(3)8-9-19(32-7-2)18(5)10-13(26)33-21(17,19)20(28)12(4)15(14(27)16(18)20)34-35(29,30)22(23,24)25/h11,16-17,28H,6-10H2,1-5H3. The molecule has 2 saturated carbocycles. The third kappa shape index (κ3) is 2.83. The predicted molar refractivity (Wildman–Crippen MR) is 112 cm³/mol. The van der Waals surface area contributed by atoms with Crippen molar-refractivity contribution in [2.24, 2.45) is 17.3 Å². The topological polar surface area (TPSA) is 125 Å². The zero-order valence-electron chi connectivity index (χ0n) is 20.0. The predicted octanol–water partition coefficient (Wildman–Crippen LogP) is 2.37. The molecular formula is C22H29F3O9S. The summed E-state index contributed by atoms with van der Waals surface area (Å²) in [5, 5.41) is 12.4. The molecule has 0 amide bonds. The summed E-state index contributed by atoms with van der Waals surface area (Å²) in [6.07, 6.45) is -0.586. The van der Waals surface area contributed by atoms with Crippen LogP contribution in [0.25, 0.3) is 0 Å². The van der Waals surface area contributed by atoms with Crippen LogP contribution in [0.1, 0.15) is 53.9 Å². The van der Waals surface area contributed by atoms with Crippen molar-refractivity contribution < 1.29 is 54.7 Å². The van der Waals surface area contributed by atoms with Gasteiger partial charge in [-0.1, -0.05) is 13.8 Å². The molecule has 0 aromatic heterocycles. The highest BCUT2D eigenvalue weighted by atomic mass is 32.2. The Morgan fingerprint density at radius 1 is 1.20 bits per heavy atom. The fourth-order valence-electron chi connectivity index (χ4n) is 7.30. The summed E-state index contributed by atoms with van der Waals surface area (Å²) in [5.41, 5.74) is -13.6. The highest BCUT2D eigenvalue weighted by Gasteiger charge is 2.92. The van der Waals surface area contributed by atoms with Crippen LogP contribution in [0, 0.1) is 17.3 Å². The highest BCUT2D eigenvalue weighted by Crippen LogP contribution is 2.76. The van der Waals surface area contributed by atoms with Crippen LogP contribution in [-0.4, -0.2) is 66.9 Å². The third-order valence-electron chi connectivity index (χ3n) is 8.41. The van der Waals surface area contributed by atoms with Crippen LogP contribution in [0.5, 0.6) is 0 Å². The first kappa shape index (κ1) is 26.4. The van der Waals surface area contributed by atoms with Gasteiger partial charge in [0.15, 0.2) is 5.76 Å². The van der Waals surface area contributed by atoms with Gasteiger partial charge in [0.1, 0.15) is 17.3 Å². The summed E-state index contributed by atoms with van der Waals surface area (Å²) >= 11 is 0. The molecule has 0 spiro atoms. The minimum atomic E-state index is -6.21. The Labute approximate surface area is 201 Å². The molecule has 198 valence electrons. The zero-order chi connectivity index (χ0) is 26.4. The van der Waals surface area contributed by atoms with Crippen LogP contribution < -0.4 is 0 Å². The largest absolute Gasteiger partial charge is 0.534 e. The Kier molecular flexibility index (Phi) is 5.77. The highest BCUT2D eigenvalue weighted by molar-refractivity contribution is 7.87. The van der Waals surface area contributed by atoms with Crippen molar-refractivity contribution in [1.82, 2.24) is 0 Å². The van der Waals surface area contributed by atoms with Crippen LogP contribution in [0.4, 0.5) is 13.2 Å². The Morgan fingerprint density at radius 2 is 1.83 bits per heavy atom. The van der Waals surface area contributed by atoms with Crippen LogP contribution >= 0.6 is 0 Å². The van der Waals surface area contributed by atoms with Gasteiger partial charge in [-0.2, -0.15) is 21.6 Å². The molecule has 3 fully saturated rings. The van der Waals surface area contributed by atoms with Gasteiger partial charge in [-0.25, -0.2) is 0 Å². The second-order valence-corrected chi connectivity index (χ2v) is 11.5. The van der Waals surface area contributed by atoms with Gasteiger partial charge < -0.3 is 23.5 Å². The van der Waals surface area contributed by atoms with Crippen LogP contribution in [-0.2, 0) is 38.1 Å². The van der Waals surface area contributed by atoms with Gasteiger partial charge in [0, 0.05) is 24.2 Å². The number of rotatable bonds is 6. The monoisotopic (exact) mass is 526 g/mol. The minimum Gasteiger partial charge on any atom is -0.450 e. The summed E-state index contributed by atoms with van der Waals surface area (Å²) in [6.45, 7) is 8.11. The molecule has 0 radical (unpaired) electrons. The van der Waals surface area contributed by atoms with Crippen molar-refractivity contribution in [2.75, 3.05) is 13.2 Å². The van der Waals surface area contributed by atoms with Crippen molar-refractivity contribution in [2.45, 2.75) is 82.3 Å². The molecule has 1 N–H and O–H groups in total. The lowest BCUT2D eigenvalue weighted by atomic mass is 9.55. The number of allylic oxidation sites excluding steroid dienone is 1. The molecule has 0 aromatic rings. The number of esters is 1. The van der Waals surface area contributed by atoms with E-state index < -0.39 is 73.0 Å². The fourth-order valence-corrected chi connectivity index (χ4v) is 7.82. The summed E-state index contributed by atoms with van der Waals surface area (Å²) < 4.78 is 85.5. The van der Waals surface area contributed by atoms with E-state index in [0.29, 0.717) is 6.42 Å².